The number of para-hydroxylation sites is 1. The molecule has 0 heterocycles. The number of ether oxygens (including phenoxy) is 2. The lowest BCUT2D eigenvalue weighted by atomic mass is 10.2. The van der Waals surface area contributed by atoms with Gasteiger partial charge in [-0.25, -0.2) is 0 Å². The van der Waals surface area contributed by atoms with E-state index in [1.807, 2.05) is 0 Å². The molecule has 0 fully saturated rings. The Hall–Kier alpha value is -1.24. The summed E-state index contributed by atoms with van der Waals surface area (Å²) in [6, 6.07) is 6.62. The maximum atomic E-state index is 12.2. The number of methoxy groups -OCH3 is 1. The summed E-state index contributed by atoms with van der Waals surface area (Å²) < 4.78 is 33.6. The van der Waals surface area contributed by atoms with E-state index < -0.39 is 12.7 Å². The Morgan fingerprint density at radius 1 is 1.32 bits per heavy atom. The number of halogens is 2. The van der Waals surface area contributed by atoms with Gasteiger partial charge in [-0.2, -0.15) is 8.78 Å². The summed E-state index contributed by atoms with van der Waals surface area (Å²) in [6.07, 6.45) is 0.0103. The highest BCUT2D eigenvalue weighted by Gasteiger charge is 2.09. The highest BCUT2D eigenvalue weighted by atomic mass is 19.3. The Balaban J connectivity index is 2.36. The van der Waals surface area contributed by atoms with Crippen molar-refractivity contribution in [2.75, 3.05) is 20.3 Å². The van der Waals surface area contributed by atoms with E-state index in [0.29, 0.717) is 25.1 Å². The van der Waals surface area contributed by atoms with Gasteiger partial charge in [-0.1, -0.05) is 18.2 Å². The van der Waals surface area contributed by atoms with Crippen LogP contribution in [0.2, 0.25) is 0 Å². The van der Waals surface area contributed by atoms with Crippen LogP contribution in [0.25, 0.3) is 0 Å². The maximum absolute atomic E-state index is 12.2. The zero-order valence-corrected chi connectivity index (χ0v) is 10.8. The third-order valence-corrected chi connectivity index (χ3v) is 2.52. The van der Waals surface area contributed by atoms with E-state index in [4.69, 9.17) is 4.74 Å². The van der Waals surface area contributed by atoms with E-state index in [2.05, 4.69) is 10.1 Å². The van der Waals surface area contributed by atoms with Crippen LogP contribution in [0.1, 0.15) is 12.0 Å². The first kappa shape index (κ1) is 15.8. The van der Waals surface area contributed by atoms with E-state index in [0.717, 1.165) is 0 Å². The highest BCUT2D eigenvalue weighted by molar-refractivity contribution is 5.33. The summed E-state index contributed by atoms with van der Waals surface area (Å²) in [6.45, 7) is -1.58. The predicted octanol–water partition coefficient (Wildman–Crippen LogP) is 1.77. The first-order valence-corrected chi connectivity index (χ1v) is 6.04. The zero-order valence-electron chi connectivity index (χ0n) is 10.8. The SMILES string of the molecule is COCC(O)CCNCc1ccccc1OC(F)F. The van der Waals surface area contributed by atoms with E-state index in [9.17, 15) is 13.9 Å². The summed E-state index contributed by atoms with van der Waals surface area (Å²) in [5.74, 6) is 0.169. The molecule has 1 unspecified atom stereocenters. The third kappa shape index (κ3) is 6.47. The fourth-order valence-electron chi connectivity index (χ4n) is 1.63. The number of hydrogen-bond acceptors (Lipinski definition) is 4. The van der Waals surface area contributed by atoms with Crippen molar-refractivity contribution < 1.29 is 23.4 Å². The Morgan fingerprint density at radius 2 is 2.05 bits per heavy atom. The van der Waals surface area contributed by atoms with Crippen LogP contribution in [0.5, 0.6) is 5.75 Å². The van der Waals surface area contributed by atoms with Gasteiger partial charge in [0.25, 0.3) is 0 Å². The Labute approximate surface area is 111 Å². The molecular weight excluding hydrogens is 256 g/mol. The topological polar surface area (TPSA) is 50.7 Å². The molecule has 1 aromatic rings. The molecule has 0 aromatic heterocycles. The van der Waals surface area contributed by atoms with E-state index in [1.54, 1.807) is 18.2 Å². The van der Waals surface area contributed by atoms with Gasteiger partial charge in [0.2, 0.25) is 0 Å². The van der Waals surface area contributed by atoms with Crippen LogP contribution in [0.3, 0.4) is 0 Å². The standard InChI is InChI=1S/C13H19F2NO3/c1-18-9-11(17)6-7-16-8-10-4-2-3-5-12(10)19-13(14)15/h2-5,11,13,16-17H,6-9H2,1H3. The van der Waals surface area contributed by atoms with Crippen LogP contribution < -0.4 is 10.1 Å². The van der Waals surface area contributed by atoms with Crippen LogP contribution >= 0.6 is 0 Å². The third-order valence-electron chi connectivity index (χ3n) is 2.52. The lowest BCUT2D eigenvalue weighted by molar-refractivity contribution is -0.0504. The van der Waals surface area contributed by atoms with Crippen molar-refractivity contribution in [2.24, 2.45) is 0 Å². The van der Waals surface area contributed by atoms with Crippen molar-refractivity contribution >= 4 is 0 Å². The molecule has 0 spiro atoms. The zero-order chi connectivity index (χ0) is 14.1. The van der Waals surface area contributed by atoms with Crippen molar-refractivity contribution in [1.82, 2.24) is 5.32 Å². The average molecular weight is 275 g/mol. The van der Waals surface area contributed by atoms with Gasteiger partial charge < -0.3 is 19.9 Å². The molecule has 6 heteroatoms. The van der Waals surface area contributed by atoms with Crippen LogP contribution in [0.15, 0.2) is 24.3 Å². The normalized spacial score (nSPS) is 12.7. The molecule has 0 aliphatic rings. The van der Waals surface area contributed by atoms with E-state index in [-0.39, 0.29) is 12.4 Å². The van der Waals surface area contributed by atoms with Gasteiger partial charge in [0.1, 0.15) is 5.75 Å². The Bertz CT molecular complexity index is 363. The molecule has 0 amide bonds. The van der Waals surface area contributed by atoms with Gasteiger partial charge in [-0.3, -0.25) is 0 Å². The average Bonchev–Trinajstić information content (AvgIpc) is 2.36. The van der Waals surface area contributed by atoms with Gasteiger partial charge in [0.15, 0.2) is 0 Å². The smallest absolute Gasteiger partial charge is 0.387 e. The predicted molar refractivity (Wildman–Crippen MR) is 67.3 cm³/mol. The molecule has 0 aliphatic heterocycles. The number of benzene rings is 1. The van der Waals surface area contributed by atoms with Crippen LogP contribution in [-0.2, 0) is 11.3 Å². The molecule has 0 saturated carbocycles. The lowest BCUT2D eigenvalue weighted by Gasteiger charge is -2.12. The van der Waals surface area contributed by atoms with E-state index in [1.165, 1.54) is 13.2 Å². The summed E-state index contributed by atoms with van der Waals surface area (Å²) in [7, 11) is 1.52. The van der Waals surface area contributed by atoms with Crippen molar-refractivity contribution in [3.8, 4) is 5.75 Å². The second-order valence-corrected chi connectivity index (χ2v) is 4.06. The lowest BCUT2D eigenvalue weighted by Crippen LogP contribution is -2.23. The van der Waals surface area contributed by atoms with Crippen molar-refractivity contribution in [3.63, 3.8) is 0 Å². The molecule has 0 radical (unpaired) electrons. The molecule has 2 N–H and O–H groups in total. The fraction of sp³-hybridized carbons (Fsp3) is 0.538. The second kappa shape index (κ2) is 8.79. The molecule has 108 valence electrons. The largest absolute Gasteiger partial charge is 0.434 e. The number of nitrogens with one attached hydrogen (secondary N) is 1. The summed E-state index contributed by atoms with van der Waals surface area (Å²) in [5.41, 5.74) is 0.657. The van der Waals surface area contributed by atoms with Crippen molar-refractivity contribution in [3.05, 3.63) is 29.8 Å². The Kier molecular flexibility index (Phi) is 7.32. The number of hydrogen-bond donors (Lipinski definition) is 2. The fourth-order valence-corrected chi connectivity index (χ4v) is 1.63. The molecular formula is C13H19F2NO3. The number of rotatable bonds is 9. The summed E-state index contributed by atoms with van der Waals surface area (Å²) in [5, 5.41) is 12.5. The van der Waals surface area contributed by atoms with E-state index >= 15 is 0 Å². The van der Waals surface area contributed by atoms with Crippen LogP contribution in [0.4, 0.5) is 8.78 Å². The monoisotopic (exact) mass is 275 g/mol. The van der Waals surface area contributed by atoms with Gasteiger partial charge in [0, 0.05) is 19.2 Å². The van der Waals surface area contributed by atoms with Crippen LogP contribution in [0, 0.1) is 0 Å². The molecule has 1 aromatic carbocycles. The number of alkyl halides is 2. The quantitative estimate of drug-likeness (QED) is 0.674. The number of aliphatic hydroxyl groups excluding tert-OH is 1. The van der Waals surface area contributed by atoms with Gasteiger partial charge >= 0.3 is 6.61 Å². The number of aliphatic hydroxyl groups is 1. The molecule has 19 heavy (non-hydrogen) atoms. The molecule has 1 atom stereocenters. The first-order valence-electron chi connectivity index (χ1n) is 6.04. The van der Waals surface area contributed by atoms with Crippen molar-refractivity contribution in [2.45, 2.75) is 25.7 Å². The molecule has 4 nitrogen and oxygen atoms in total. The first-order chi connectivity index (χ1) is 9.13. The summed E-state index contributed by atoms with van der Waals surface area (Å²) >= 11 is 0. The van der Waals surface area contributed by atoms with Gasteiger partial charge in [-0.15, -0.1) is 0 Å². The summed E-state index contributed by atoms with van der Waals surface area (Å²) in [4.78, 5) is 0. The highest BCUT2D eigenvalue weighted by Crippen LogP contribution is 2.19. The maximum Gasteiger partial charge on any atom is 0.387 e. The van der Waals surface area contributed by atoms with Crippen molar-refractivity contribution in [1.29, 1.82) is 0 Å². The molecule has 0 saturated heterocycles. The molecule has 0 aliphatic carbocycles. The van der Waals surface area contributed by atoms with Crippen LogP contribution in [-0.4, -0.2) is 38.1 Å². The minimum absolute atomic E-state index is 0.169. The molecule has 0 bridgehead atoms. The molecule has 1 rings (SSSR count). The minimum Gasteiger partial charge on any atom is -0.434 e. The second-order valence-electron chi connectivity index (χ2n) is 4.06. The van der Waals surface area contributed by atoms with Gasteiger partial charge in [-0.05, 0) is 19.0 Å². The minimum atomic E-state index is -2.83. The van der Waals surface area contributed by atoms with Gasteiger partial charge in [0.05, 0.1) is 12.7 Å². The Morgan fingerprint density at radius 3 is 2.74 bits per heavy atom.